The zero-order valence-corrected chi connectivity index (χ0v) is 5.50. The number of Topliss-reactive ketones (excluding diaryl/α,β-unsaturated/α-hetero) is 1. The first-order valence-electron chi connectivity index (χ1n) is 3.41. The maximum Gasteiger partial charge on any atom is 0.169 e. The van der Waals surface area contributed by atoms with E-state index in [2.05, 4.69) is 10.2 Å². The van der Waals surface area contributed by atoms with E-state index < -0.39 is 0 Å². The van der Waals surface area contributed by atoms with E-state index >= 15 is 0 Å². The number of carbonyl (C=O) groups excluding carboxylic acids is 1. The van der Waals surface area contributed by atoms with Crippen molar-refractivity contribution in [2.24, 2.45) is 5.92 Å². The van der Waals surface area contributed by atoms with Crippen LogP contribution in [0, 0.1) is 5.92 Å². The molecule has 1 aliphatic rings. The van der Waals surface area contributed by atoms with Gasteiger partial charge in [-0.15, -0.1) is 0 Å². The Hall–Kier alpha value is -1.12. The Morgan fingerprint density at radius 1 is 1.70 bits per heavy atom. The van der Waals surface area contributed by atoms with Gasteiger partial charge in [-0.25, -0.2) is 0 Å². The number of hydrogen-bond acceptors (Lipinski definition) is 2. The first-order valence-corrected chi connectivity index (χ1v) is 3.41. The molecule has 1 heterocycles. The number of aromatic amines is 1. The molecule has 1 N–H and O–H groups in total. The molecule has 0 unspecified atom stereocenters. The molecule has 3 nitrogen and oxygen atoms in total. The van der Waals surface area contributed by atoms with Gasteiger partial charge in [0.2, 0.25) is 0 Å². The Morgan fingerprint density at radius 3 is 3.00 bits per heavy atom. The summed E-state index contributed by atoms with van der Waals surface area (Å²) < 4.78 is 0. The number of H-pyrrole nitrogens is 1. The summed E-state index contributed by atoms with van der Waals surface area (Å²) in [4.78, 5) is 11.2. The lowest BCUT2D eigenvalue weighted by Crippen LogP contribution is -1.98. The molecule has 1 saturated carbocycles. The van der Waals surface area contributed by atoms with Gasteiger partial charge >= 0.3 is 0 Å². The van der Waals surface area contributed by atoms with E-state index in [-0.39, 0.29) is 5.78 Å². The molecule has 0 aromatic carbocycles. The Kier molecular flexibility index (Phi) is 1.09. The van der Waals surface area contributed by atoms with Crippen LogP contribution < -0.4 is 0 Å². The highest BCUT2D eigenvalue weighted by Crippen LogP contribution is 2.32. The maximum absolute atomic E-state index is 11.2. The molecule has 1 aromatic rings. The lowest BCUT2D eigenvalue weighted by atomic mass is 10.1. The van der Waals surface area contributed by atoms with Crippen molar-refractivity contribution in [2.75, 3.05) is 0 Å². The summed E-state index contributed by atoms with van der Waals surface area (Å²) in [7, 11) is 0. The third-order valence-corrected chi connectivity index (χ3v) is 1.73. The van der Waals surface area contributed by atoms with E-state index in [4.69, 9.17) is 0 Å². The molecule has 0 bridgehead atoms. The lowest BCUT2D eigenvalue weighted by Gasteiger charge is -1.87. The molecule has 0 aliphatic heterocycles. The lowest BCUT2D eigenvalue weighted by molar-refractivity contribution is 0.0968. The summed E-state index contributed by atoms with van der Waals surface area (Å²) in [6, 6.07) is 0. The molecule has 0 atom stereocenters. The summed E-state index contributed by atoms with van der Waals surface area (Å²) in [6.07, 6.45) is 5.36. The van der Waals surface area contributed by atoms with Gasteiger partial charge in [-0.1, -0.05) is 0 Å². The maximum atomic E-state index is 11.2. The Balaban J connectivity index is 2.19. The number of ketones is 1. The number of aromatic nitrogens is 2. The van der Waals surface area contributed by atoms with Gasteiger partial charge in [-0.05, 0) is 12.8 Å². The van der Waals surface area contributed by atoms with Gasteiger partial charge in [0.15, 0.2) is 5.78 Å². The molecule has 2 rings (SSSR count). The van der Waals surface area contributed by atoms with Crippen molar-refractivity contribution in [1.29, 1.82) is 0 Å². The van der Waals surface area contributed by atoms with Crippen LogP contribution >= 0.6 is 0 Å². The van der Waals surface area contributed by atoms with Gasteiger partial charge in [-0.3, -0.25) is 9.89 Å². The van der Waals surface area contributed by atoms with Gasteiger partial charge in [0, 0.05) is 12.1 Å². The standard InChI is InChI=1S/C7H8N2O/c10-7(5-1-2-5)6-3-8-9-4-6/h3-5H,1-2H2,(H,8,9). The van der Waals surface area contributed by atoms with Crippen molar-refractivity contribution < 1.29 is 4.79 Å². The summed E-state index contributed by atoms with van der Waals surface area (Å²) in [5, 5.41) is 6.33. The summed E-state index contributed by atoms with van der Waals surface area (Å²) in [5.74, 6) is 0.548. The number of nitrogens with one attached hydrogen (secondary N) is 1. The molecule has 1 aliphatic carbocycles. The minimum Gasteiger partial charge on any atom is -0.294 e. The quantitative estimate of drug-likeness (QED) is 0.616. The summed E-state index contributed by atoms with van der Waals surface area (Å²) in [6.45, 7) is 0. The highest BCUT2D eigenvalue weighted by atomic mass is 16.1. The van der Waals surface area contributed by atoms with Crippen LogP contribution in [-0.4, -0.2) is 16.0 Å². The molecule has 0 radical (unpaired) electrons. The highest BCUT2D eigenvalue weighted by Gasteiger charge is 2.30. The van der Waals surface area contributed by atoms with Crippen LogP contribution in [0.5, 0.6) is 0 Å². The molecule has 1 aromatic heterocycles. The topological polar surface area (TPSA) is 45.8 Å². The first kappa shape index (κ1) is 5.65. The fourth-order valence-electron chi connectivity index (χ4n) is 0.967. The Morgan fingerprint density at radius 2 is 2.50 bits per heavy atom. The second kappa shape index (κ2) is 1.94. The van der Waals surface area contributed by atoms with E-state index in [0.717, 1.165) is 18.4 Å². The predicted molar refractivity (Wildman–Crippen MR) is 35.6 cm³/mol. The molecule has 0 spiro atoms. The number of nitrogens with zero attached hydrogens (tertiary/aromatic N) is 1. The molecular formula is C7H8N2O. The number of rotatable bonds is 2. The fraction of sp³-hybridized carbons (Fsp3) is 0.429. The van der Waals surface area contributed by atoms with Crippen molar-refractivity contribution in [1.82, 2.24) is 10.2 Å². The van der Waals surface area contributed by atoms with E-state index in [9.17, 15) is 4.79 Å². The Labute approximate surface area is 58.4 Å². The van der Waals surface area contributed by atoms with Crippen LogP contribution in [0.15, 0.2) is 12.4 Å². The van der Waals surface area contributed by atoms with Crippen LogP contribution in [-0.2, 0) is 0 Å². The molecule has 0 amide bonds. The van der Waals surface area contributed by atoms with Crippen molar-refractivity contribution in [3.63, 3.8) is 0 Å². The molecule has 52 valence electrons. The molecule has 10 heavy (non-hydrogen) atoms. The van der Waals surface area contributed by atoms with E-state index in [1.54, 1.807) is 12.4 Å². The number of carbonyl (C=O) groups is 1. The van der Waals surface area contributed by atoms with E-state index in [1.807, 2.05) is 0 Å². The average molecular weight is 136 g/mol. The van der Waals surface area contributed by atoms with Gasteiger partial charge in [-0.2, -0.15) is 5.10 Å². The van der Waals surface area contributed by atoms with Crippen LogP contribution in [0.1, 0.15) is 23.2 Å². The minimum absolute atomic E-state index is 0.244. The van der Waals surface area contributed by atoms with Crippen LogP contribution in [0.2, 0.25) is 0 Å². The Bertz CT molecular complexity index is 236. The predicted octanol–water partition coefficient (Wildman–Crippen LogP) is 1.00. The van der Waals surface area contributed by atoms with Gasteiger partial charge < -0.3 is 0 Å². The minimum atomic E-state index is 0.244. The normalized spacial score (nSPS) is 17.2. The first-order chi connectivity index (χ1) is 4.88. The van der Waals surface area contributed by atoms with Crippen LogP contribution in [0.3, 0.4) is 0 Å². The smallest absolute Gasteiger partial charge is 0.169 e. The summed E-state index contributed by atoms with van der Waals surface area (Å²) in [5.41, 5.74) is 0.725. The monoisotopic (exact) mass is 136 g/mol. The molecular weight excluding hydrogens is 128 g/mol. The van der Waals surface area contributed by atoms with E-state index in [1.165, 1.54) is 0 Å². The third kappa shape index (κ3) is 0.835. The van der Waals surface area contributed by atoms with Gasteiger partial charge in [0.1, 0.15) is 0 Å². The number of hydrogen-bond donors (Lipinski definition) is 1. The molecule has 0 saturated heterocycles. The second-order valence-electron chi connectivity index (χ2n) is 2.63. The van der Waals surface area contributed by atoms with Crippen LogP contribution in [0.25, 0.3) is 0 Å². The third-order valence-electron chi connectivity index (χ3n) is 1.73. The largest absolute Gasteiger partial charge is 0.294 e. The van der Waals surface area contributed by atoms with Crippen molar-refractivity contribution >= 4 is 5.78 Å². The van der Waals surface area contributed by atoms with Crippen molar-refractivity contribution in [2.45, 2.75) is 12.8 Å². The zero-order valence-electron chi connectivity index (χ0n) is 5.50. The zero-order chi connectivity index (χ0) is 6.97. The van der Waals surface area contributed by atoms with Gasteiger partial charge in [0.25, 0.3) is 0 Å². The van der Waals surface area contributed by atoms with Crippen molar-refractivity contribution in [3.8, 4) is 0 Å². The van der Waals surface area contributed by atoms with Crippen molar-refractivity contribution in [3.05, 3.63) is 18.0 Å². The van der Waals surface area contributed by atoms with Crippen LogP contribution in [0.4, 0.5) is 0 Å². The molecule has 3 heteroatoms. The average Bonchev–Trinajstić information content (AvgIpc) is 2.65. The second-order valence-corrected chi connectivity index (χ2v) is 2.63. The fourth-order valence-corrected chi connectivity index (χ4v) is 0.967. The SMILES string of the molecule is O=C(c1cn[nH]c1)C1CC1. The molecule has 1 fully saturated rings. The van der Waals surface area contributed by atoms with E-state index in [0.29, 0.717) is 5.92 Å². The summed E-state index contributed by atoms with van der Waals surface area (Å²) >= 11 is 0. The van der Waals surface area contributed by atoms with Gasteiger partial charge in [0.05, 0.1) is 11.8 Å². The highest BCUT2D eigenvalue weighted by molar-refractivity contribution is 5.98.